The molecule has 5 nitrogen and oxygen atoms in total. The smallest absolute Gasteiger partial charge is 0.318 e. The molecular weight excluding hydrogens is 370 g/mol. The lowest BCUT2D eigenvalue weighted by atomic mass is 10.2. The summed E-state index contributed by atoms with van der Waals surface area (Å²) >= 11 is 3.08. The number of rotatable bonds is 11. The first-order valence-electron chi connectivity index (χ1n) is 8.64. The lowest BCUT2D eigenvalue weighted by Gasteiger charge is -2.22. The van der Waals surface area contributed by atoms with Crippen molar-refractivity contribution in [3.63, 3.8) is 0 Å². The molecule has 0 saturated carbocycles. The molecule has 0 aliphatic rings. The van der Waals surface area contributed by atoms with Gasteiger partial charge in [0, 0.05) is 30.8 Å². The molecule has 0 spiro atoms. The number of amides is 1. The Kier molecular flexibility index (Phi) is 10.4. The molecule has 7 heteroatoms. The average molecular weight is 398 g/mol. The first kappa shape index (κ1) is 22.6. The zero-order valence-electron chi connectivity index (χ0n) is 15.8. The third-order valence-corrected chi connectivity index (χ3v) is 6.76. The minimum Gasteiger partial charge on any atom is -0.468 e. The number of thioether (sulfide) groups is 2. The number of esters is 1. The van der Waals surface area contributed by atoms with Gasteiger partial charge in [0.2, 0.25) is 5.91 Å². The van der Waals surface area contributed by atoms with Crippen LogP contribution in [0.2, 0.25) is 0 Å². The van der Waals surface area contributed by atoms with Gasteiger partial charge in [-0.3, -0.25) is 14.4 Å². The van der Waals surface area contributed by atoms with Crippen molar-refractivity contribution in [1.82, 2.24) is 4.90 Å². The van der Waals surface area contributed by atoms with Crippen molar-refractivity contribution in [2.75, 3.05) is 26.0 Å². The molecule has 2 unspecified atom stereocenters. The van der Waals surface area contributed by atoms with E-state index in [2.05, 4.69) is 0 Å². The summed E-state index contributed by atoms with van der Waals surface area (Å²) in [5.74, 6) is 0.493. The van der Waals surface area contributed by atoms with Crippen molar-refractivity contribution in [3.8, 4) is 0 Å². The summed E-state index contributed by atoms with van der Waals surface area (Å²) in [4.78, 5) is 36.8. The molecule has 0 saturated heterocycles. The van der Waals surface area contributed by atoms with Gasteiger partial charge < -0.3 is 9.64 Å². The fourth-order valence-electron chi connectivity index (χ4n) is 2.39. The number of hydrogen-bond donors (Lipinski definition) is 0. The number of hydrogen-bond acceptors (Lipinski definition) is 6. The molecule has 1 rings (SSSR count). The Bertz CT molecular complexity index is 605. The summed E-state index contributed by atoms with van der Waals surface area (Å²) in [5.41, 5.74) is 1.55. The summed E-state index contributed by atoms with van der Waals surface area (Å²) in [6.45, 7) is 7.15. The highest BCUT2D eigenvalue weighted by molar-refractivity contribution is 8.16. The predicted molar refractivity (Wildman–Crippen MR) is 109 cm³/mol. The second-order valence-electron chi connectivity index (χ2n) is 5.61. The Balaban J connectivity index is 2.82. The molecule has 26 heavy (non-hydrogen) atoms. The van der Waals surface area contributed by atoms with Crippen molar-refractivity contribution in [3.05, 3.63) is 35.4 Å². The topological polar surface area (TPSA) is 63.7 Å². The average Bonchev–Trinajstić information content (AvgIpc) is 2.67. The van der Waals surface area contributed by atoms with E-state index in [0.717, 1.165) is 11.8 Å². The number of aldehydes is 1. The molecule has 1 amide bonds. The molecule has 144 valence electrons. The van der Waals surface area contributed by atoms with E-state index >= 15 is 0 Å². The van der Waals surface area contributed by atoms with Gasteiger partial charge in [-0.2, -0.15) is 0 Å². The van der Waals surface area contributed by atoms with E-state index in [4.69, 9.17) is 4.74 Å². The lowest BCUT2D eigenvalue weighted by molar-refractivity contribution is -0.139. The molecule has 2 atom stereocenters. The fourth-order valence-corrected chi connectivity index (χ4v) is 5.22. The highest BCUT2D eigenvalue weighted by Crippen LogP contribution is 2.42. The maximum atomic E-state index is 12.2. The quantitative estimate of drug-likeness (QED) is 0.322. The van der Waals surface area contributed by atoms with Crippen LogP contribution in [0, 0.1) is 0 Å². The number of benzene rings is 1. The van der Waals surface area contributed by atoms with E-state index in [1.165, 1.54) is 18.9 Å². The highest BCUT2D eigenvalue weighted by atomic mass is 32.2. The summed E-state index contributed by atoms with van der Waals surface area (Å²) in [6, 6.07) is 7.34. The van der Waals surface area contributed by atoms with E-state index in [1.54, 1.807) is 24.8 Å². The van der Waals surface area contributed by atoms with Crippen LogP contribution in [0.1, 0.15) is 47.7 Å². The van der Waals surface area contributed by atoms with Gasteiger partial charge in [0.05, 0.1) is 11.7 Å². The first-order valence-corrected chi connectivity index (χ1v) is 10.6. The second-order valence-corrected chi connectivity index (χ2v) is 8.57. The highest BCUT2D eigenvalue weighted by Gasteiger charge is 2.22. The maximum absolute atomic E-state index is 12.2. The molecule has 0 fully saturated rings. The molecule has 0 heterocycles. The van der Waals surface area contributed by atoms with Gasteiger partial charge in [-0.05, 0) is 32.4 Å². The van der Waals surface area contributed by atoms with Crippen LogP contribution in [-0.2, 0) is 14.3 Å². The van der Waals surface area contributed by atoms with Crippen LogP contribution in [0.25, 0.3) is 0 Å². The number of ether oxygens (including phenoxy) is 1. The van der Waals surface area contributed by atoms with Gasteiger partial charge in [0.15, 0.2) is 0 Å². The van der Waals surface area contributed by atoms with Crippen LogP contribution < -0.4 is 0 Å². The zero-order valence-corrected chi connectivity index (χ0v) is 17.4. The summed E-state index contributed by atoms with van der Waals surface area (Å²) < 4.78 is 4.75. The number of methoxy groups -OCH3 is 1. The van der Waals surface area contributed by atoms with Gasteiger partial charge >= 0.3 is 5.97 Å². The van der Waals surface area contributed by atoms with E-state index in [1.807, 2.05) is 36.9 Å². The summed E-state index contributed by atoms with van der Waals surface area (Å²) in [5, 5.41) is -0.337. The van der Waals surface area contributed by atoms with Crippen molar-refractivity contribution in [1.29, 1.82) is 0 Å². The molecule has 0 aliphatic heterocycles. The van der Waals surface area contributed by atoms with E-state index in [9.17, 15) is 14.4 Å². The molecule has 1 aromatic rings. The summed E-state index contributed by atoms with van der Waals surface area (Å²) in [6.07, 6.45) is 1.26. The number of carbonyl (C=O) groups excluding carboxylic acids is 3. The van der Waals surface area contributed by atoms with Crippen LogP contribution in [0.5, 0.6) is 0 Å². The van der Waals surface area contributed by atoms with Gasteiger partial charge in [-0.15, -0.1) is 23.5 Å². The van der Waals surface area contributed by atoms with Crippen molar-refractivity contribution >= 4 is 41.7 Å². The molecule has 0 bridgehead atoms. The molecule has 0 aromatic heterocycles. The van der Waals surface area contributed by atoms with Crippen LogP contribution in [0.15, 0.2) is 24.3 Å². The second kappa shape index (κ2) is 12.0. The lowest BCUT2D eigenvalue weighted by Crippen LogP contribution is -2.30. The summed E-state index contributed by atoms with van der Waals surface area (Å²) in [7, 11) is 1.37. The fraction of sp³-hybridized carbons (Fsp3) is 0.526. The van der Waals surface area contributed by atoms with Gasteiger partial charge in [-0.25, -0.2) is 0 Å². The first-order chi connectivity index (χ1) is 12.5. The Morgan fingerprint density at radius 2 is 1.96 bits per heavy atom. The van der Waals surface area contributed by atoms with Crippen LogP contribution in [-0.4, -0.2) is 54.3 Å². The Labute approximate surface area is 164 Å². The van der Waals surface area contributed by atoms with E-state index in [-0.39, 0.29) is 21.7 Å². The minimum atomic E-state index is -0.337. The Morgan fingerprint density at radius 1 is 1.27 bits per heavy atom. The predicted octanol–water partition coefficient (Wildman–Crippen LogP) is 3.78. The van der Waals surface area contributed by atoms with E-state index in [0.29, 0.717) is 30.8 Å². The van der Waals surface area contributed by atoms with Crippen molar-refractivity contribution in [2.45, 2.75) is 37.0 Å². The Hall–Kier alpha value is -1.47. The van der Waals surface area contributed by atoms with Crippen LogP contribution in [0.4, 0.5) is 0 Å². The SMILES string of the molecule is CCN(CC)C(=O)CCSC(SC(C)C(=O)OC)c1cccc(C=O)c1. The maximum Gasteiger partial charge on any atom is 0.318 e. The van der Waals surface area contributed by atoms with Gasteiger partial charge in [0.25, 0.3) is 0 Å². The van der Waals surface area contributed by atoms with Gasteiger partial charge in [-0.1, -0.05) is 18.2 Å². The Morgan fingerprint density at radius 3 is 2.54 bits per heavy atom. The number of nitrogens with zero attached hydrogens (tertiary/aromatic N) is 1. The van der Waals surface area contributed by atoms with Gasteiger partial charge in [0.1, 0.15) is 11.5 Å². The van der Waals surface area contributed by atoms with Crippen LogP contribution in [0.3, 0.4) is 0 Å². The largest absolute Gasteiger partial charge is 0.468 e. The minimum absolute atomic E-state index is 0.0616. The zero-order chi connectivity index (χ0) is 19.5. The third-order valence-electron chi connectivity index (χ3n) is 3.88. The molecule has 0 radical (unpaired) electrons. The standard InChI is InChI=1S/C19H27NO4S2/c1-5-20(6-2)17(22)10-11-25-19(26-14(3)18(23)24-4)16-9-7-8-15(12-16)13-21/h7-9,12-14,19H,5-6,10-11H2,1-4H3. The molecule has 0 aliphatic carbocycles. The third kappa shape index (κ3) is 7.03. The normalized spacial score (nSPS) is 12.9. The van der Waals surface area contributed by atoms with Crippen molar-refractivity contribution in [2.24, 2.45) is 0 Å². The van der Waals surface area contributed by atoms with Crippen LogP contribution >= 0.6 is 23.5 Å². The molecular formula is C19H27NO4S2. The van der Waals surface area contributed by atoms with E-state index < -0.39 is 0 Å². The monoisotopic (exact) mass is 397 g/mol. The number of carbonyl (C=O) groups is 3. The molecule has 1 aromatic carbocycles. The van der Waals surface area contributed by atoms with Crippen molar-refractivity contribution < 1.29 is 19.1 Å². The molecule has 0 N–H and O–H groups in total.